The van der Waals surface area contributed by atoms with Crippen molar-refractivity contribution in [3.05, 3.63) is 0 Å². The molecule has 0 heterocycles. The van der Waals surface area contributed by atoms with Gasteiger partial charge < -0.3 is 14.2 Å². The Morgan fingerprint density at radius 2 is 0.450 bits per heavy atom. The summed E-state index contributed by atoms with van der Waals surface area (Å²) in [6, 6.07) is 0. The van der Waals surface area contributed by atoms with Crippen LogP contribution < -0.4 is 0 Å². The first-order chi connectivity index (χ1) is 29.5. The monoisotopic (exact) mass is 849 g/mol. The Morgan fingerprint density at radius 3 is 0.667 bits per heavy atom. The predicted molar refractivity (Wildman–Crippen MR) is 257 cm³/mol. The molecular formula is C54H104O6. The summed E-state index contributed by atoms with van der Waals surface area (Å²) in [5.41, 5.74) is 0. The maximum atomic E-state index is 12.8. The molecule has 0 aromatic carbocycles. The molecule has 60 heavy (non-hydrogen) atoms. The van der Waals surface area contributed by atoms with Gasteiger partial charge in [-0.25, -0.2) is 0 Å². The van der Waals surface area contributed by atoms with E-state index in [4.69, 9.17) is 14.2 Å². The minimum atomic E-state index is -0.759. The number of carbonyl (C=O) groups is 3. The van der Waals surface area contributed by atoms with Gasteiger partial charge in [0.15, 0.2) is 6.10 Å². The van der Waals surface area contributed by atoms with Gasteiger partial charge in [0.05, 0.1) is 0 Å². The Bertz CT molecular complexity index is 889. The fraction of sp³-hybridized carbons (Fsp3) is 0.944. The molecule has 0 saturated carbocycles. The quantitative estimate of drug-likeness (QED) is 0.0345. The lowest BCUT2D eigenvalue weighted by atomic mass is 10.0. The Kier molecular flexibility index (Phi) is 48.7. The highest BCUT2D eigenvalue weighted by atomic mass is 16.6. The first-order valence-electron chi connectivity index (χ1n) is 27.0. The third kappa shape index (κ3) is 47.5. The zero-order chi connectivity index (χ0) is 43.7. The SMILES string of the molecule is CCCCCCCCCCCCCCCCCCCCC(=O)OC[C@H](COC(=O)CCCCCCCCCCCC)OC(=O)CCCCCCCCCCCCCCCC. The molecule has 0 radical (unpaired) electrons. The summed E-state index contributed by atoms with van der Waals surface area (Å²) >= 11 is 0. The summed E-state index contributed by atoms with van der Waals surface area (Å²) in [6.07, 6.45) is 53.7. The first kappa shape index (κ1) is 58.4. The molecule has 0 aromatic heterocycles. The van der Waals surface area contributed by atoms with Crippen molar-refractivity contribution in [3.63, 3.8) is 0 Å². The van der Waals surface area contributed by atoms with Gasteiger partial charge in [-0.2, -0.15) is 0 Å². The standard InChI is InChI=1S/C54H104O6/c1-4-7-10-13-16-19-22-24-26-27-28-29-31-32-35-38-41-44-47-53(56)59-50-51(49-58-52(55)46-43-40-37-34-21-18-15-12-9-6-3)60-54(57)48-45-42-39-36-33-30-25-23-20-17-14-11-8-5-2/h51H,4-50H2,1-3H3/t51-/m0/s1. The van der Waals surface area contributed by atoms with Crippen LogP contribution in [0.4, 0.5) is 0 Å². The van der Waals surface area contributed by atoms with Crippen LogP contribution in [0, 0.1) is 0 Å². The Balaban J connectivity index is 4.24. The number of hydrogen-bond acceptors (Lipinski definition) is 6. The van der Waals surface area contributed by atoms with Crippen LogP contribution in [-0.4, -0.2) is 37.2 Å². The number of esters is 3. The Morgan fingerprint density at radius 1 is 0.267 bits per heavy atom. The predicted octanol–water partition coefficient (Wildman–Crippen LogP) is 17.6. The molecule has 0 N–H and O–H groups in total. The number of rotatable bonds is 50. The fourth-order valence-corrected chi connectivity index (χ4v) is 8.27. The van der Waals surface area contributed by atoms with Crippen LogP contribution in [0.15, 0.2) is 0 Å². The van der Waals surface area contributed by atoms with Crippen LogP contribution in [0.3, 0.4) is 0 Å². The third-order valence-electron chi connectivity index (χ3n) is 12.4. The maximum absolute atomic E-state index is 12.8. The minimum absolute atomic E-state index is 0.0616. The molecule has 0 aromatic rings. The second-order valence-corrected chi connectivity index (χ2v) is 18.5. The van der Waals surface area contributed by atoms with Gasteiger partial charge in [0.25, 0.3) is 0 Å². The van der Waals surface area contributed by atoms with E-state index in [2.05, 4.69) is 20.8 Å². The van der Waals surface area contributed by atoms with E-state index >= 15 is 0 Å². The lowest BCUT2D eigenvalue weighted by Crippen LogP contribution is -2.30. The Labute approximate surface area is 374 Å². The highest BCUT2D eigenvalue weighted by Gasteiger charge is 2.19. The van der Waals surface area contributed by atoms with Crippen molar-refractivity contribution in [1.29, 1.82) is 0 Å². The number of ether oxygens (including phenoxy) is 3. The molecule has 356 valence electrons. The van der Waals surface area contributed by atoms with Crippen LogP contribution in [-0.2, 0) is 28.6 Å². The molecule has 1 atom stereocenters. The van der Waals surface area contributed by atoms with Gasteiger partial charge in [-0.05, 0) is 19.3 Å². The van der Waals surface area contributed by atoms with Crippen molar-refractivity contribution in [3.8, 4) is 0 Å². The molecule has 0 aliphatic rings. The van der Waals surface area contributed by atoms with Crippen molar-refractivity contribution in [2.45, 2.75) is 316 Å². The summed E-state index contributed by atoms with van der Waals surface area (Å²) in [7, 11) is 0. The lowest BCUT2D eigenvalue weighted by Gasteiger charge is -2.18. The Hall–Kier alpha value is -1.59. The topological polar surface area (TPSA) is 78.9 Å². The molecule has 0 aliphatic carbocycles. The van der Waals surface area contributed by atoms with Crippen molar-refractivity contribution in [1.82, 2.24) is 0 Å². The van der Waals surface area contributed by atoms with Crippen LogP contribution in [0.2, 0.25) is 0 Å². The van der Waals surface area contributed by atoms with Crippen molar-refractivity contribution >= 4 is 17.9 Å². The smallest absolute Gasteiger partial charge is 0.306 e. The van der Waals surface area contributed by atoms with E-state index in [0.717, 1.165) is 57.8 Å². The van der Waals surface area contributed by atoms with Crippen LogP contribution in [0.1, 0.15) is 310 Å². The zero-order valence-corrected chi connectivity index (χ0v) is 40.8. The second kappa shape index (κ2) is 50.1. The molecule has 6 heteroatoms. The normalized spacial score (nSPS) is 11.8. The van der Waals surface area contributed by atoms with E-state index in [1.165, 1.54) is 212 Å². The van der Waals surface area contributed by atoms with Gasteiger partial charge in [0.2, 0.25) is 0 Å². The molecule has 0 fully saturated rings. The van der Waals surface area contributed by atoms with Crippen LogP contribution in [0.25, 0.3) is 0 Å². The highest BCUT2D eigenvalue weighted by Crippen LogP contribution is 2.17. The van der Waals surface area contributed by atoms with Crippen molar-refractivity contribution in [2.24, 2.45) is 0 Å². The average Bonchev–Trinajstić information content (AvgIpc) is 3.24. The average molecular weight is 849 g/mol. The van der Waals surface area contributed by atoms with E-state index in [1.54, 1.807) is 0 Å². The molecule has 0 rings (SSSR count). The lowest BCUT2D eigenvalue weighted by molar-refractivity contribution is -0.167. The van der Waals surface area contributed by atoms with Crippen LogP contribution in [0.5, 0.6) is 0 Å². The van der Waals surface area contributed by atoms with Gasteiger partial charge >= 0.3 is 17.9 Å². The molecule has 0 aliphatic heterocycles. The summed E-state index contributed by atoms with van der Waals surface area (Å²) in [6.45, 7) is 6.68. The molecular weight excluding hydrogens is 745 g/mol. The minimum Gasteiger partial charge on any atom is -0.462 e. The van der Waals surface area contributed by atoms with E-state index in [1.807, 2.05) is 0 Å². The summed E-state index contributed by atoms with van der Waals surface area (Å²) < 4.78 is 16.8. The number of carbonyl (C=O) groups excluding carboxylic acids is 3. The van der Waals surface area contributed by atoms with E-state index in [9.17, 15) is 14.4 Å². The van der Waals surface area contributed by atoms with Crippen LogP contribution >= 0.6 is 0 Å². The molecule has 0 saturated heterocycles. The number of hydrogen-bond donors (Lipinski definition) is 0. The summed E-state index contributed by atoms with van der Waals surface area (Å²) in [5.74, 6) is -0.840. The van der Waals surface area contributed by atoms with Gasteiger partial charge in [-0.1, -0.05) is 271 Å². The van der Waals surface area contributed by atoms with Crippen molar-refractivity contribution in [2.75, 3.05) is 13.2 Å². The van der Waals surface area contributed by atoms with E-state index < -0.39 is 6.10 Å². The van der Waals surface area contributed by atoms with Gasteiger partial charge in [0, 0.05) is 19.3 Å². The second-order valence-electron chi connectivity index (χ2n) is 18.5. The largest absolute Gasteiger partial charge is 0.462 e. The third-order valence-corrected chi connectivity index (χ3v) is 12.4. The molecule has 0 spiro atoms. The molecule has 0 amide bonds. The first-order valence-corrected chi connectivity index (χ1v) is 27.0. The maximum Gasteiger partial charge on any atom is 0.306 e. The van der Waals surface area contributed by atoms with E-state index in [0.29, 0.717) is 19.3 Å². The molecule has 0 bridgehead atoms. The van der Waals surface area contributed by atoms with E-state index in [-0.39, 0.29) is 31.1 Å². The van der Waals surface area contributed by atoms with Gasteiger partial charge in [-0.3, -0.25) is 14.4 Å². The molecule has 0 unspecified atom stereocenters. The number of unbranched alkanes of at least 4 members (excludes halogenated alkanes) is 39. The molecule has 6 nitrogen and oxygen atoms in total. The fourth-order valence-electron chi connectivity index (χ4n) is 8.27. The van der Waals surface area contributed by atoms with Gasteiger partial charge in [-0.15, -0.1) is 0 Å². The zero-order valence-electron chi connectivity index (χ0n) is 40.8. The summed E-state index contributed by atoms with van der Waals surface area (Å²) in [5, 5.41) is 0. The highest BCUT2D eigenvalue weighted by molar-refractivity contribution is 5.71. The van der Waals surface area contributed by atoms with Crippen molar-refractivity contribution < 1.29 is 28.6 Å². The van der Waals surface area contributed by atoms with Gasteiger partial charge in [0.1, 0.15) is 13.2 Å². The summed E-state index contributed by atoms with van der Waals surface area (Å²) in [4.78, 5) is 37.9.